The molecule has 0 saturated carbocycles. The van der Waals surface area contributed by atoms with Crippen LogP contribution in [0.1, 0.15) is 18.4 Å². The second-order valence-corrected chi connectivity index (χ2v) is 5.34. The number of hydrogen-bond donors (Lipinski definition) is 1. The summed E-state index contributed by atoms with van der Waals surface area (Å²) in [6.07, 6.45) is 2.49. The first kappa shape index (κ1) is 13.9. The third-order valence-electron chi connectivity index (χ3n) is 3.77. The van der Waals surface area contributed by atoms with Gasteiger partial charge in [-0.15, -0.1) is 0 Å². The number of aromatic nitrogens is 1. The molecule has 1 unspecified atom stereocenters. The van der Waals surface area contributed by atoms with Crippen molar-refractivity contribution < 1.29 is 13.9 Å². The normalized spacial score (nSPS) is 18.2. The Morgan fingerprint density at radius 3 is 3.10 bits per heavy atom. The molecule has 2 heterocycles. The summed E-state index contributed by atoms with van der Waals surface area (Å²) < 4.78 is 12.0. The van der Waals surface area contributed by atoms with Gasteiger partial charge in [-0.25, -0.2) is 4.79 Å². The second-order valence-electron chi connectivity index (χ2n) is 5.34. The monoisotopic (exact) mass is 290 g/mol. The molecule has 112 valence electrons. The average Bonchev–Trinajstić information content (AvgIpc) is 3.07. The van der Waals surface area contributed by atoms with Gasteiger partial charge in [0.05, 0.1) is 18.0 Å². The summed E-state index contributed by atoms with van der Waals surface area (Å²) in [6, 6.07) is 5.34. The highest BCUT2D eigenvalue weighted by Gasteiger charge is 2.16. The Bertz CT molecular complexity index is 710. The number of hydrogen-bond acceptors (Lipinski definition) is 4. The van der Waals surface area contributed by atoms with E-state index in [2.05, 4.69) is 5.32 Å². The number of rotatable bonds is 4. The maximum Gasteiger partial charge on any atom is 0.419 e. The standard InChI is InChI=1S/C15H18N2O4/c1-17-12-7-10(4-5-13(12)21-15(17)19)8-14(18)16-9-11-3-2-6-20-11/h4-5,7,11H,2-3,6,8-9H2,1H3,(H,16,18). The van der Waals surface area contributed by atoms with Crippen LogP contribution in [0.3, 0.4) is 0 Å². The molecule has 1 fully saturated rings. The predicted octanol–water partition coefficient (Wildman–Crippen LogP) is 0.969. The lowest BCUT2D eigenvalue weighted by Crippen LogP contribution is -2.32. The van der Waals surface area contributed by atoms with Crippen LogP contribution >= 0.6 is 0 Å². The number of aryl methyl sites for hydroxylation is 1. The summed E-state index contributed by atoms with van der Waals surface area (Å²) in [5.41, 5.74) is 2.08. The highest BCUT2D eigenvalue weighted by molar-refractivity contribution is 5.81. The van der Waals surface area contributed by atoms with Gasteiger partial charge < -0.3 is 14.5 Å². The molecule has 0 aliphatic carbocycles. The van der Waals surface area contributed by atoms with E-state index < -0.39 is 5.76 Å². The van der Waals surface area contributed by atoms with Crippen molar-refractivity contribution >= 4 is 17.0 Å². The Kier molecular flexibility index (Phi) is 3.79. The third-order valence-corrected chi connectivity index (χ3v) is 3.77. The first-order chi connectivity index (χ1) is 10.1. The van der Waals surface area contributed by atoms with E-state index in [0.29, 0.717) is 17.6 Å². The van der Waals surface area contributed by atoms with Gasteiger partial charge in [0.1, 0.15) is 0 Å². The fourth-order valence-corrected chi connectivity index (χ4v) is 2.56. The summed E-state index contributed by atoms with van der Waals surface area (Å²) in [4.78, 5) is 23.4. The summed E-state index contributed by atoms with van der Waals surface area (Å²) in [5.74, 6) is -0.441. The Morgan fingerprint density at radius 1 is 1.48 bits per heavy atom. The zero-order valence-electron chi connectivity index (χ0n) is 11.9. The lowest BCUT2D eigenvalue weighted by molar-refractivity contribution is -0.120. The van der Waals surface area contributed by atoms with Crippen LogP contribution in [-0.4, -0.2) is 29.7 Å². The van der Waals surface area contributed by atoms with Crippen LogP contribution in [0.25, 0.3) is 11.1 Å². The largest absolute Gasteiger partial charge is 0.419 e. The molecule has 0 radical (unpaired) electrons. The Labute approximate surface area is 121 Å². The van der Waals surface area contributed by atoms with Gasteiger partial charge in [-0.1, -0.05) is 6.07 Å². The van der Waals surface area contributed by atoms with Crippen LogP contribution in [0, 0.1) is 0 Å². The van der Waals surface area contributed by atoms with Gasteiger partial charge in [-0.05, 0) is 30.5 Å². The van der Waals surface area contributed by atoms with E-state index in [1.54, 1.807) is 19.2 Å². The molecule has 21 heavy (non-hydrogen) atoms. The minimum atomic E-state index is -0.398. The molecule has 0 bridgehead atoms. The minimum absolute atomic E-state index is 0.0432. The van der Waals surface area contributed by atoms with Gasteiger partial charge in [0.25, 0.3) is 0 Å². The van der Waals surface area contributed by atoms with Crippen molar-refractivity contribution in [3.05, 3.63) is 34.3 Å². The first-order valence-electron chi connectivity index (χ1n) is 7.10. The molecule has 1 amide bonds. The minimum Gasteiger partial charge on any atom is -0.408 e. The molecule has 6 nitrogen and oxygen atoms in total. The van der Waals surface area contributed by atoms with Crippen LogP contribution in [0.15, 0.2) is 27.4 Å². The zero-order chi connectivity index (χ0) is 14.8. The molecule has 1 aromatic heterocycles. The molecule has 0 spiro atoms. The molecule has 1 saturated heterocycles. The fraction of sp³-hybridized carbons (Fsp3) is 0.467. The molecule has 2 aromatic rings. The van der Waals surface area contributed by atoms with Crippen LogP contribution in [0.2, 0.25) is 0 Å². The summed E-state index contributed by atoms with van der Waals surface area (Å²) in [7, 11) is 1.65. The summed E-state index contributed by atoms with van der Waals surface area (Å²) in [5, 5.41) is 2.89. The molecular formula is C15H18N2O4. The predicted molar refractivity (Wildman–Crippen MR) is 77.1 cm³/mol. The van der Waals surface area contributed by atoms with E-state index >= 15 is 0 Å². The van der Waals surface area contributed by atoms with E-state index in [1.165, 1.54) is 4.57 Å². The van der Waals surface area contributed by atoms with Crippen LogP contribution < -0.4 is 11.1 Å². The number of ether oxygens (including phenoxy) is 1. The lowest BCUT2D eigenvalue weighted by Gasteiger charge is -2.10. The number of carbonyl (C=O) groups is 1. The molecular weight excluding hydrogens is 272 g/mol. The van der Waals surface area contributed by atoms with E-state index in [0.717, 1.165) is 25.0 Å². The molecule has 6 heteroatoms. The van der Waals surface area contributed by atoms with Crippen molar-refractivity contribution in [1.82, 2.24) is 9.88 Å². The van der Waals surface area contributed by atoms with Gasteiger partial charge in [-0.3, -0.25) is 9.36 Å². The number of benzene rings is 1. The van der Waals surface area contributed by atoms with E-state index in [-0.39, 0.29) is 18.4 Å². The van der Waals surface area contributed by atoms with E-state index in [1.807, 2.05) is 6.07 Å². The first-order valence-corrected chi connectivity index (χ1v) is 7.10. The number of nitrogens with one attached hydrogen (secondary N) is 1. The van der Waals surface area contributed by atoms with Crippen molar-refractivity contribution in [3.8, 4) is 0 Å². The summed E-state index contributed by atoms with van der Waals surface area (Å²) in [6.45, 7) is 1.34. The van der Waals surface area contributed by atoms with Crippen molar-refractivity contribution in [2.75, 3.05) is 13.2 Å². The number of carbonyl (C=O) groups excluding carboxylic acids is 1. The smallest absolute Gasteiger partial charge is 0.408 e. The summed E-state index contributed by atoms with van der Waals surface area (Å²) >= 11 is 0. The Hall–Kier alpha value is -2.08. The number of amides is 1. The topological polar surface area (TPSA) is 73.5 Å². The van der Waals surface area contributed by atoms with Gasteiger partial charge >= 0.3 is 5.76 Å². The van der Waals surface area contributed by atoms with Crippen molar-refractivity contribution in [2.45, 2.75) is 25.4 Å². The Morgan fingerprint density at radius 2 is 2.33 bits per heavy atom. The molecule has 3 rings (SSSR count). The second kappa shape index (κ2) is 5.73. The molecule has 1 aliphatic heterocycles. The number of fused-ring (bicyclic) bond motifs is 1. The highest BCUT2D eigenvalue weighted by atomic mass is 16.5. The quantitative estimate of drug-likeness (QED) is 0.910. The molecule has 1 N–H and O–H groups in total. The molecule has 1 aromatic carbocycles. The third kappa shape index (κ3) is 3.00. The van der Waals surface area contributed by atoms with E-state index in [9.17, 15) is 9.59 Å². The van der Waals surface area contributed by atoms with Crippen molar-refractivity contribution in [3.63, 3.8) is 0 Å². The van der Waals surface area contributed by atoms with Gasteiger partial charge in [0, 0.05) is 20.2 Å². The SMILES string of the molecule is Cn1c(=O)oc2ccc(CC(=O)NCC3CCCO3)cc21. The number of oxazole rings is 1. The Balaban J connectivity index is 1.65. The van der Waals surface area contributed by atoms with Crippen molar-refractivity contribution in [1.29, 1.82) is 0 Å². The molecule has 1 atom stereocenters. The molecule has 1 aliphatic rings. The average molecular weight is 290 g/mol. The maximum absolute atomic E-state index is 11.9. The van der Waals surface area contributed by atoms with Crippen LogP contribution in [-0.2, 0) is 23.0 Å². The highest BCUT2D eigenvalue weighted by Crippen LogP contribution is 2.15. The van der Waals surface area contributed by atoms with E-state index in [4.69, 9.17) is 9.15 Å². The number of nitrogens with zero attached hydrogens (tertiary/aromatic N) is 1. The van der Waals surface area contributed by atoms with Crippen molar-refractivity contribution in [2.24, 2.45) is 7.05 Å². The van der Waals surface area contributed by atoms with Gasteiger partial charge in [0.15, 0.2) is 5.58 Å². The fourth-order valence-electron chi connectivity index (χ4n) is 2.56. The van der Waals surface area contributed by atoms with Crippen LogP contribution in [0.4, 0.5) is 0 Å². The zero-order valence-corrected chi connectivity index (χ0v) is 11.9. The lowest BCUT2D eigenvalue weighted by atomic mass is 10.1. The van der Waals surface area contributed by atoms with Gasteiger partial charge in [-0.2, -0.15) is 0 Å². The maximum atomic E-state index is 11.9. The van der Waals surface area contributed by atoms with Crippen LogP contribution in [0.5, 0.6) is 0 Å². The van der Waals surface area contributed by atoms with Gasteiger partial charge in [0.2, 0.25) is 5.91 Å².